The fraction of sp³-hybridized carbons (Fsp3) is 0.478. The average Bonchev–Trinajstić information content (AvgIpc) is 2.62. The van der Waals surface area contributed by atoms with E-state index >= 15 is 0 Å². The van der Waals surface area contributed by atoms with Crippen LogP contribution in [0.1, 0.15) is 81.0 Å². The summed E-state index contributed by atoms with van der Waals surface area (Å²) in [5.74, 6) is 0.405. The lowest BCUT2D eigenvalue weighted by Gasteiger charge is -2.20. The number of nitrogen functional groups attached to an aromatic ring is 2. The Hall–Kier alpha value is -1.96. The second-order valence-electron chi connectivity index (χ2n) is 7.08. The van der Waals surface area contributed by atoms with Crippen LogP contribution in [0.3, 0.4) is 0 Å². The summed E-state index contributed by atoms with van der Waals surface area (Å²) in [7, 11) is 0. The van der Waals surface area contributed by atoms with Crippen molar-refractivity contribution in [2.45, 2.75) is 71.6 Å². The molecule has 0 amide bonds. The van der Waals surface area contributed by atoms with E-state index in [4.69, 9.17) is 11.5 Å². The van der Waals surface area contributed by atoms with Crippen molar-refractivity contribution in [3.63, 3.8) is 0 Å². The Kier molecular flexibility index (Phi) is 7.36. The first kappa shape index (κ1) is 19.4. The highest BCUT2D eigenvalue weighted by Crippen LogP contribution is 2.32. The molecule has 0 spiro atoms. The minimum atomic E-state index is 0.405. The Balaban J connectivity index is 2.33. The molecule has 0 aliphatic carbocycles. The van der Waals surface area contributed by atoms with Gasteiger partial charge in [-0.15, -0.1) is 0 Å². The predicted octanol–water partition coefficient (Wildman–Crippen LogP) is 6.08. The molecule has 0 unspecified atom stereocenters. The number of rotatable bonds is 9. The summed E-state index contributed by atoms with van der Waals surface area (Å²) in [5, 5.41) is 0. The van der Waals surface area contributed by atoms with Crippen molar-refractivity contribution in [3.05, 3.63) is 58.7 Å². The monoisotopic (exact) mass is 338 g/mol. The molecule has 4 N–H and O–H groups in total. The number of benzene rings is 2. The maximum Gasteiger partial charge on any atom is 0.0346 e. The van der Waals surface area contributed by atoms with Crippen LogP contribution < -0.4 is 11.5 Å². The SMILES string of the molecule is CCCCc1cc(C(CC)c2ccc(N)c(CCCC)c2)ccc1N. The smallest absolute Gasteiger partial charge is 0.0346 e. The summed E-state index contributed by atoms with van der Waals surface area (Å²) in [4.78, 5) is 0. The van der Waals surface area contributed by atoms with Crippen LogP contribution in [0.2, 0.25) is 0 Å². The molecular formula is C23H34N2. The molecule has 2 heteroatoms. The van der Waals surface area contributed by atoms with Crippen LogP contribution in [-0.4, -0.2) is 0 Å². The van der Waals surface area contributed by atoms with Gasteiger partial charge in [-0.1, -0.05) is 57.9 Å². The van der Waals surface area contributed by atoms with Gasteiger partial charge < -0.3 is 11.5 Å². The molecular weight excluding hydrogens is 304 g/mol. The molecule has 0 saturated heterocycles. The topological polar surface area (TPSA) is 52.0 Å². The lowest BCUT2D eigenvalue weighted by atomic mass is 9.86. The summed E-state index contributed by atoms with van der Waals surface area (Å²) in [6.45, 7) is 6.71. The number of aryl methyl sites for hydroxylation is 2. The average molecular weight is 339 g/mol. The summed E-state index contributed by atoms with van der Waals surface area (Å²) in [6, 6.07) is 13.2. The number of hydrogen-bond acceptors (Lipinski definition) is 2. The van der Waals surface area contributed by atoms with E-state index in [1.54, 1.807) is 0 Å². The Morgan fingerprint density at radius 2 is 1.16 bits per heavy atom. The van der Waals surface area contributed by atoms with Crippen molar-refractivity contribution in [1.29, 1.82) is 0 Å². The van der Waals surface area contributed by atoms with Crippen LogP contribution in [0.4, 0.5) is 11.4 Å². The number of anilines is 2. The fourth-order valence-corrected chi connectivity index (χ4v) is 3.52. The van der Waals surface area contributed by atoms with Gasteiger partial charge in [0.25, 0.3) is 0 Å². The van der Waals surface area contributed by atoms with Gasteiger partial charge in [0.2, 0.25) is 0 Å². The van der Waals surface area contributed by atoms with Gasteiger partial charge in [-0.3, -0.25) is 0 Å². The number of nitrogens with two attached hydrogens (primary N) is 2. The maximum atomic E-state index is 6.19. The molecule has 0 aliphatic heterocycles. The van der Waals surface area contributed by atoms with Crippen molar-refractivity contribution in [1.82, 2.24) is 0 Å². The Bertz CT molecular complexity index is 618. The van der Waals surface area contributed by atoms with E-state index in [0.717, 1.165) is 30.6 Å². The third kappa shape index (κ3) is 5.01. The van der Waals surface area contributed by atoms with Gasteiger partial charge in [0.15, 0.2) is 0 Å². The maximum absolute atomic E-state index is 6.19. The highest BCUT2D eigenvalue weighted by atomic mass is 14.6. The fourth-order valence-electron chi connectivity index (χ4n) is 3.52. The van der Waals surface area contributed by atoms with Crippen LogP contribution in [0.25, 0.3) is 0 Å². The molecule has 2 nitrogen and oxygen atoms in total. The molecule has 2 aromatic carbocycles. The molecule has 2 aromatic rings. The molecule has 0 atom stereocenters. The molecule has 0 saturated carbocycles. The van der Waals surface area contributed by atoms with Crippen molar-refractivity contribution in [2.24, 2.45) is 0 Å². The van der Waals surface area contributed by atoms with Gasteiger partial charge in [0.1, 0.15) is 0 Å². The lowest BCUT2D eigenvalue weighted by molar-refractivity contribution is 0.760. The molecule has 0 bridgehead atoms. The second-order valence-corrected chi connectivity index (χ2v) is 7.08. The first-order valence-corrected chi connectivity index (χ1v) is 9.87. The third-order valence-corrected chi connectivity index (χ3v) is 5.15. The summed E-state index contributed by atoms with van der Waals surface area (Å²) < 4.78 is 0. The van der Waals surface area contributed by atoms with Gasteiger partial charge in [0.05, 0.1) is 0 Å². The molecule has 0 radical (unpaired) electrons. The van der Waals surface area contributed by atoms with Crippen LogP contribution in [0.5, 0.6) is 0 Å². The van der Waals surface area contributed by atoms with Gasteiger partial charge in [-0.2, -0.15) is 0 Å². The third-order valence-electron chi connectivity index (χ3n) is 5.15. The van der Waals surface area contributed by atoms with Crippen LogP contribution in [-0.2, 0) is 12.8 Å². The molecule has 25 heavy (non-hydrogen) atoms. The second kappa shape index (κ2) is 9.50. The minimum Gasteiger partial charge on any atom is -0.399 e. The molecule has 0 heterocycles. The number of hydrogen-bond donors (Lipinski definition) is 2. The lowest BCUT2D eigenvalue weighted by Crippen LogP contribution is -2.05. The quantitative estimate of drug-likeness (QED) is 0.544. The van der Waals surface area contributed by atoms with E-state index in [1.807, 2.05) is 0 Å². The Morgan fingerprint density at radius 1 is 0.720 bits per heavy atom. The zero-order valence-corrected chi connectivity index (χ0v) is 16.1. The zero-order chi connectivity index (χ0) is 18.2. The van der Waals surface area contributed by atoms with Crippen molar-refractivity contribution >= 4 is 11.4 Å². The highest BCUT2D eigenvalue weighted by molar-refractivity contribution is 5.53. The van der Waals surface area contributed by atoms with E-state index < -0.39 is 0 Å². The van der Waals surface area contributed by atoms with Crippen LogP contribution >= 0.6 is 0 Å². The van der Waals surface area contributed by atoms with Crippen LogP contribution in [0, 0.1) is 0 Å². The van der Waals surface area contributed by atoms with Crippen LogP contribution in [0.15, 0.2) is 36.4 Å². The first-order chi connectivity index (χ1) is 12.1. The van der Waals surface area contributed by atoms with Gasteiger partial charge in [-0.05, 0) is 66.5 Å². The van der Waals surface area contributed by atoms with Gasteiger partial charge in [0, 0.05) is 17.3 Å². The summed E-state index contributed by atoms with van der Waals surface area (Å²) in [5.41, 5.74) is 19.6. The molecule has 136 valence electrons. The zero-order valence-electron chi connectivity index (χ0n) is 16.1. The van der Waals surface area contributed by atoms with E-state index in [-0.39, 0.29) is 0 Å². The Labute approximate surface area is 153 Å². The highest BCUT2D eigenvalue weighted by Gasteiger charge is 2.15. The normalized spacial score (nSPS) is 11.2. The van der Waals surface area contributed by atoms with E-state index in [0.29, 0.717) is 5.92 Å². The molecule has 0 aliphatic rings. The van der Waals surface area contributed by atoms with Gasteiger partial charge in [-0.25, -0.2) is 0 Å². The molecule has 0 aromatic heterocycles. The van der Waals surface area contributed by atoms with E-state index in [2.05, 4.69) is 57.2 Å². The van der Waals surface area contributed by atoms with Crippen molar-refractivity contribution in [2.75, 3.05) is 11.5 Å². The molecule has 0 fully saturated rings. The van der Waals surface area contributed by atoms with Gasteiger partial charge >= 0.3 is 0 Å². The van der Waals surface area contributed by atoms with Crippen molar-refractivity contribution < 1.29 is 0 Å². The van der Waals surface area contributed by atoms with E-state index in [9.17, 15) is 0 Å². The molecule has 2 rings (SSSR count). The summed E-state index contributed by atoms with van der Waals surface area (Å²) >= 11 is 0. The van der Waals surface area contributed by atoms with Crippen molar-refractivity contribution in [3.8, 4) is 0 Å². The largest absolute Gasteiger partial charge is 0.399 e. The van der Waals surface area contributed by atoms with E-state index in [1.165, 1.54) is 47.9 Å². The Morgan fingerprint density at radius 3 is 1.52 bits per heavy atom. The minimum absolute atomic E-state index is 0.405. The predicted molar refractivity (Wildman–Crippen MR) is 111 cm³/mol. The standard InChI is InChI=1S/C23H34N2/c1-4-7-9-19-15-17(11-13-22(19)24)21(6-3)18-12-14-23(25)20(16-18)10-8-5-2/h11-16,21H,4-10,24-25H2,1-3H3. The number of unbranched alkanes of at least 4 members (excludes halogenated alkanes) is 2. The first-order valence-electron chi connectivity index (χ1n) is 9.87. The summed E-state index contributed by atoms with van der Waals surface area (Å²) in [6.07, 6.45) is 7.97.